The number of aromatic amines is 2. The number of nitrogens with zero attached hydrogens (tertiary/aromatic N) is 3. The Morgan fingerprint density at radius 3 is 2.68 bits per heavy atom. The van der Waals surface area contributed by atoms with Crippen molar-refractivity contribution in [3.8, 4) is 11.4 Å². The zero-order valence-electron chi connectivity index (χ0n) is 17.6. The summed E-state index contributed by atoms with van der Waals surface area (Å²) in [6.07, 6.45) is 9.41. The molecule has 1 spiro atoms. The summed E-state index contributed by atoms with van der Waals surface area (Å²) in [6, 6.07) is 9.80. The van der Waals surface area contributed by atoms with Gasteiger partial charge < -0.3 is 9.88 Å². The van der Waals surface area contributed by atoms with E-state index >= 15 is 0 Å². The number of rotatable bonds is 5. The summed E-state index contributed by atoms with van der Waals surface area (Å²) in [4.78, 5) is 35.4. The highest BCUT2D eigenvalue weighted by atomic mass is 16.2. The third kappa shape index (κ3) is 3.80. The van der Waals surface area contributed by atoms with Crippen LogP contribution in [0, 0.1) is 0 Å². The van der Waals surface area contributed by atoms with Gasteiger partial charge in [-0.2, -0.15) is 5.10 Å². The molecule has 0 bridgehead atoms. The molecule has 0 atom stereocenters. The highest BCUT2D eigenvalue weighted by Gasteiger charge is 2.44. The van der Waals surface area contributed by atoms with Crippen LogP contribution in [0.15, 0.2) is 47.5 Å². The van der Waals surface area contributed by atoms with Crippen LogP contribution in [0.4, 0.5) is 0 Å². The zero-order valence-corrected chi connectivity index (χ0v) is 17.6. The molecule has 1 fully saturated rings. The van der Waals surface area contributed by atoms with E-state index in [2.05, 4.69) is 15.2 Å². The maximum atomic E-state index is 12.8. The van der Waals surface area contributed by atoms with Crippen molar-refractivity contribution >= 4 is 5.91 Å². The Kier molecular flexibility index (Phi) is 5.18. The lowest BCUT2D eigenvalue weighted by Gasteiger charge is -2.39. The van der Waals surface area contributed by atoms with Gasteiger partial charge in [0.2, 0.25) is 5.91 Å². The van der Waals surface area contributed by atoms with E-state index in [1.165, 1.54) is 0 Å². The molecule has 1 aliphatic heterocycles. The zero-order chi connectivity index (χ0) is 21.3. The van der Waals surface area contributed by atoms with Crippen molar-refractivity contribution < 1.29 is 4.79 Å². The van der Waals surface area contributed by atoms with Crippen molar-refractivity contribution in [2.45, 2.75) is 50.4 Å². The van der Waals surface area contributed by atoms with Crippen LogP contribution in [-0.4, -0.2) is 44.1 Å². The summed E-state index contributed by atoms with van der Waals surface area (Å²) in [7, 11) is 0. The normalized spacial score (nSPS) is 17.1. The molecule has 7 nitrogen and oxygen atoms in total. The van der Waals surface area contributed by atoms with E-state index in [4.69, 9.17) is 4.98 Å². The quantitative estimate of drug-likeness (QED) is 0.667. The van der Waals surface area contributed by atoms with Crippen LogP contribution in [0.3, 0.4) is 0 Å². The molecule has 160 valence electrons. The molecule has 3 aromatic rings. The topological polar surface area (TPSA) is 94.7 Å². The highest BCUT2D eigenvalue weighted by molar-refractivity contribution is 5.76. The highest BCUT2D eigenvalue weighted by Crippen LogP contribution is 2.44. The summed E-state index contributed by atoms with van der Waals surface area (Å²) in [5.41, 5.74) is 3.76. The van der Waals surface area contributed by atoms with Gasteiger partial charge in [0.1, 0.15) is 5.82 Å². The van der Waals surface area contributed by atoms with Crippen LogP contribution in [0.25, 0.3) is 11.4 Å². The molecule has 31 heavy (non-hydrogen) atoms. The fourth-order valence-electron chi connectivity index (χ4n) is 5.07. The summed E-state index contributed by atoms with van der Waals surface area (Å²) in [6.45, 7) is 1.47. The van der Waals surface area contributed by atoms with Crippen molar-refractivity contribution in [2.24, 2.45) is 0 Å². The van der Waals surface area contributed by atoms with E-state index in [0.29, 0.717) is 12.2 Å². The Balaban J connectivity index is 1.28. The first kappa shape index (κ1) is 19.7. The molecule has 5 rings (SSSR count). The van der Waals surface area contributed by atoms with Crippen LogP contribution >= 0.6 is 0 Å². The van der Waals surface area contributed by atoms with Gasteiger partial charge in [-0.25, -0.2) is 4.98 Å². The van der Waals surface area contributed by atoms with Gasteiger partial charge in [-0.1, -0.05) is 30.3 Å². The Bertz CT molecular complexity index is 1110. The van der Waals surface area contributed by atoms with Gasteiger partial charge in [0.15, 0.2) is 0 Å². The monoisotopic (exact) mass is 417 g/mol. The Labute approximate surface area is 180 Å². The molecular weight excluding hydrogens is 390 g/mol. The number of carbonyl (C=O) groups is 1. The maximum Gasteiger partial charge on any atom is 0.254 e. The molecule has 7 heteroatoms. The van der Waals surface area contributed by atoms with Crippen LogP contribution in [0.1, 0.15) is 48.9 Å². The summed E-state index contributed by atoms with van der Waals surface area (Å²) in [5, 5.41) is 6.76. The third-order valence-electron chi connectivity index (χ3n) is 6.90. The molecule has 0 saturated carbocycles. The molecule has 2 aliphatic rings. The Morgan fingerprint density at radius 2 is 1.94 bits per heavy atom. The van der Waals surface area contributed by atoms with E-state index in [9.17, 15) is 9.59 Å². The number of piperidine rings is 1. The van der Waals surface area contributed by atoms with Gasteiger partial charge in [-0.3, -0.25) is 14.7 Å². The van der Waals surface area contributed by atoms with Crippen molar-refractivity contribution in [1.82, 2.24) is 25.1 Å². The second-order valence-corrected chi connectivity index (χ2v) is 8.73. The molecule has 3 heterocycles. The van der Waals surface area contributed by atoms with E-state index in [-0.39, 0.29) is 16.9 Å². The number of aryl methyl sites for hydroxylation is 1. The molecule has 0 unspecified atom stereocenters. The minimum atomic E-state index is -0.0826. The predicted molar refractivity (Wildman–Crippen MR) is 118 cm³/mol. The van der Waals surface area contributed by atoms with Gasteiger partial charge in [-0.05, 0) is 44.1 Å². The molecule has 1 saturated heterocycles. The molecule has 1 aliphatic carbocycles. The van der Waals surface area contributed by atoms with E-state index in [0.717, 1.165) is 74.0 Å². The minimum Gasteiger partial charge on any atom is -0.343 e. The second-order valence-electron chi connectivity index (χ2n) is 8.73. The number of hydrogen-bond donors (Lipinski definition) is 2. The fourth-order valence-corrected chi connectivity index (χ4v) is 5.07. The standard InChI is InChI=1S/C24H27N5O2/c30-20(8-4-5-17-15-25-26-16-17)29-13-11-24(12-14-29)10-9-19-21(24)27-22(28-23(19)31)18-6-2-1-3-7-18/h1-3,6-7,15-16H,4-5,8-14H2,(H,25,26)(H,27,28,31). The van der Waals surface area contributed by atoms with Gasteiger partial charge in [0, 0.05) is 42.2 Å². The average Bonchev–Trinajstić information content (AvgIpc) is 3.44. The fraction of sp³-hybridized carbons (Fsp3) is 0.417. The molecule has 1 aromatic carbocycles. The summed E-state index contributed by atoms with van der Waals surface area (Å²) in [5.74, 6) is 0.865. The lowest BCUT2D eigenvalue weighted by molar-refractivity contribution is -0.132. The van der Waals surface area contributed by atoms with Crippen LogP contribution in [0.5, 0.6) is 0 Å². The van der Waals surface area contributed by atoms with Gasteiger partial charge in [-0.15, -0.1) is 0 Å². The number of carbonyl (C=O) groups excluding carboxylic acids is 1. The lowest BCUT2D eigenvalue weighted by atomic mass is 9.76. The Morgan fingerprint density at radius 1 is 1.13 bits per heavy atom. The summed E-state index contributed by atoms with van der Waals surface area (Å²) < 4.78 is 0. The first-order valence-electron chi connectivity index (χ1n) is 11.1. The Hall–Kier alpha value is -3.22. The maximum absolute atomic E-state index is 12.8. The molecule has 2 N–H and O–H groups in total. The third-order valence-corrected chi connectivity index (χ3v) is 6.90. The number of benzene rings is 1. The van der Waals surface area contributed by atoms with E-state index in [1.54, 1.807) is 0 Å². The molecule has 1 amide bonds. The van der Waals surface area contributed by atoms with Gasteiger partial charge >= 0.3 is 0 Å². The number of likely N-dealkylation sites (tertiary alicyclic amines) is 1. The number of hydrogen-bond acceptors (Lipinski definition) is 4. The summed E-state index contributed by atoms with van der Waals surface area (Å²) >= 11 is 0. The average molecular weight is 418 g/mol. The smallest absolute Gasteiger partial charge is 0.254 e. The number of H-pyrrole nitrogens is 2. The second kappa shape index (κ2) is 8.13. The molecular formula is C24H27N5O2. The molecule has 0 radical (unpaired) electrons. The first-order chi connectivity index (χ1) is 15.1. The van der Waals surface area contributed by atoms with Crippen molar-refractivity contribution in [2.75, 3.05) is 13.1 Å². The van der Waals surface area contributed by atoms with Crippen molar-refractivity contribution in [1.29, 1.82) is 0 Å². The van der Waals surface area contributed by atoms with Crippen molar-refractivity contribution in [3.05, 3.63) is 69.9 Å². The lowest BCUT2D eigenvalue weighted by Crippen LogP contribution is -2.44. The van der Waals surface area contributed by atoms with Crippen LogP contribution in [0.2, 0.25) is 0 Å². The van der Waals surface area contributed by atoms with Crippen molar-refractivity contribution in [3.63, 3.8) is 0 Å². The van der Waals surface area contributed by atoms with Gasteiger partial charge in [0.25, 0.3) is 5.56 Å². The molecule has 2 aromatic heterocycles. The largest absolute Gasteiger partial charge is 0.343 e. The van der Waals surface area contributed by atoms with Gasteiger partial charge in [0.05, 0.1) is 11.9 Å². The first-order valence-corrected chi connectivity index (χ1v) is 11.1. The minimum absolute atomic E-state index is 0.0153. The SMILES string of the molecule is O=C(CCCc1cn[nH]c1)N1CCC2(CCc3c2nc(-c2ccccc2)[nH]c3=O)CC1. The number of fused-ring (bicyclic) bond motifs is 2. The number of aromatic nitrogens is 4. The van der Waals surface area contributed by atoms with E-state index in [1.807, 2.05) is 47.6 Å². The predicted octanol–water partition coefficient (Wildman–Crippen LogP) is 2.99. The van der Waals surface area contributed by atoms with Crippen LogP contribution < -0.4 is 5.56 Å². The van der Waals surface area contributed by atoms with E-state index < -0.39 is 0 Å². The van der Waals surface area contributed by atoms with Crippen LogP contribution in [-0.2, 0) is 23.1 Å². The number of amides is 1. The number of nitrogens with one attached hydrogen (secondary N) is 2.